The third-order valence-corrected chi connectivity index (χ3v) is 5.52. The number of esters is 1. The van der Waals surface area contributed by atoms with Crippen LogP contribution in [0.3, 0.4) is 0 Å². The fourth-order valence-corrected chi connectivity index (χ4v) is 3.83. The zero-order valence-electron chi connectivity index (χ0n) is 20.2. The number of rotatable bonds is 10. The third-order valence-electron chi connectivity index (χ3n) is 5.02. The molecule has 0 radical (unpaired) electrons. The first kappa shape index (κ1) is 26.2. The summed E-state index contributed by atoms with van der Waals surface area (Å²) in [6, 6.07) is 8.95. The molecule has 35 heavy (non-hydrogen) atoms. The van der Waals surface area contributed by atoms with Crippen LogP contribution in [0.1, 0.15) is 37.7 Å². The van der Waals surface area contributed by atoms with E-state index in [0.717, 1.165) is 10.0 Å². The number of hydrogen-bond acceptors (Lipinski definition) is 7. The van der Waals surface area contributed by atoms with E-state index in [1.54, 1.807) is 51.3 Å². The van der Waals surface area contributed by atoms with E-state index >= 15 is 0 Å². The van der Waals surface area contributed by atoms with Crippen LogP contribution in [-0.2, 0) is 16.0 Å². The molecule has 0 saturated carbocycles. The van der Waals surface area contributed by atoms with Gasteiger partial charge in [0.05, 0.1) is 30.3 Å². The molecule has 1 atom stereocenters. The molecule has 0 aliphatic heterocycles. The van der Waals surface area contributed by atoms with Gasteiger partial charge in [0.15, 0.2) is 17.6 Å². The normalized spacial score (nSPS) is 12.0. The second kappa shape index (κ2) is 11.8. The van der Waals surface area contributed by atoms with Crippen molar-refractivity contribution in [3.8, 4) is 11.5 Å². The average molecular weight is 542 g/mol. The molecule has 8 nitrogen and oxygen atoms in total. The molecule has 0 amide bonds. The summed E-state index contributed by atoms with van der Waals surface area (Å²) in [5, 5.41) is 4.87. The maximum absolute atomic E-state index is 13.0. The minimum absolute atomic E-state index is 0.263. The van der Waals surface area contributed by atoms with E-state index in [1.807, 2.05) is 19.1 Å². The molecule has 1 aromatic heterocycles. The predicted octanol–water partition coefficient (Wildman–Crippen LogP) is 4.81. The zero-order valence-corrected chi connectivity index (χ0v) is 21.8. The van der Waals surface area contributed by atoms with Crippen molar-refractivity contribution in [2.75, 3.05) is 13.2 Å². The third kappa shape index (κ3) is 6.16. The SMILES string of the molecule is C=CCc1cc(C=Nn2c(C)nc3ccc(Br)cc3c2=O)cc(OCC)c1O[C@H](C)C(=O)OCC. The van der Waals surface area contributed by atoms with Gasteiger partial charge in [0.25, 0.3) is 5.56 Å². The number of nitrogens with zero attached hydrogens (tertiary/aromatic N) is 3. The van der Waals surface area contributed by atoms with Gasteiger partial charge in [-0.15, -0.1) is 6.58 Å². The molecule has 3 rings (SSSR count). The Bertz CT molecular complexity index is 1330. The van der Waals surface area contributed by atoms with Gasteiger partial charge in [-0.25, -0.2) is 9.78 Å². The smallest absolute Gasteiger partial charge is 0.347 e. The van der Waals surface area contributed by atoms with Crippen molar-refractivity contribution >= 4 is 39.0 Å². The van der Waals surface area contributed by atoms with E-state index in [0.29, 0.717) is 46.8 Å². The van der Waals surface area contributed by atoms with Crippen LogP contribution in [0.4, 0.5) is 0 Å². The average Bonchev–Trinajstić information content (AvgIpc) is 2.82. The van der Waals surface area contributed by atoms with Gasteiger partial charge < -0.3 is 14.2 Å². The highest BCUT2D eigenvalue weighted by molar-refractivity contribution is 9.10. The van der Waals surface area contributed by atoms with Gasteiger partial charge in [-0.3, -0.25) is 4.79 Å². The van der Waals surface area contributed by atoms with Gasteiger partial charge in [-0.1, -0.05) is 22.0 Å². The molecule has 2 aromatic carbocycles. The molecule has 0 fully saturated rings. The minimum Gasteiger partial charge on any atom is -0.490 e. The van der Waals surface area contributed by atoms with E-state index in [2.05, 4.69) is 32.6 Å². The van der Waals surface area contributed by atoms with Crippen molar-refractivity contribution in [2.45, 2.75) is 40.2 Å². The van der Waals surface area contributed by atoms with Crippen LogP contribution in [0.5, 0.6) is 11.5 Å². The Morgan fingerprint density at radius 1 is 1.26 bits per heavy atom. The second-order valence-corrected chi connectivity index (χ2v) is 8.54. The monoisotopic (exact) mass is 541 g/mol. The molecule has 0 saturated heterocycles. The molecule has 0 aliphatic rings. The van der Waals surface area contributed by atoms with Crippen molar-refractivity contribution < 1.29 is 19.0 Å². The number of hydrogen-bond donors (Lipinski definition) is 0. The van der Waals surface area contributed by atoms with Crippen LogP contribution in [0.25, 0.3) is 10.9 Å². The lowest BCUT2D eigenvalue weighted by atomic mass is 10.1. The Morgan fingerprint density at radius 2 is 2.03 bits per heavy atom. The number of allylic oxidation sites excluding steroid dienone is 1. The lowest BCUT2D eigenvalue weighted by Crippen LogP contribution is -2.26. The lowest BCUT2D eigenvalue weighted by molar-refractivity contribution is -0.150. The number of aryl methyl sites for hydroxylation is 1. The predicted molar refractivity (Wildman–Crippen MR) is 140 cm³/mol. The highest BCUT2D eigenvalue weighted by Gasteiger charge is 2.21. The first-order valence-corrected chi connectivity index (χ1v) is 12.0. The highest BCUT2D eigenvalue weighted by atomic mass is 79.9. The zero-order chi connectivity index (χ0) is 25.5. The minimum atomic E-state index is -0.818. The number of fused-ring (bicyclic) bond motifs is 1. The molecule has 1 heterocycles. The van der Waals surface area contributed by atoms with E-state index < -0.39 is 12.1 Å². The standard InChI is InChI=1S/C26H28BrN3O5/c1-6-9-19-12-18(13-23(33-7-2)24(19)35-16(4)26(32)34-8-3)15-28-30-17(5)29-22-11-10-20(27)14-21(22)25(30)31/h6,10-16H,1,7-9H2,2-5H3/t16-/m1/s1. The van der Waals surface area contributed by atoms with Gasteiger partial charge >= 0.3 is 5.97 Å². The van der Waals surface area contributed by atoms with E-state index in [4.69, 9.17) is 14.2 Å². The number of aromatic nitrogens is 2. The van der Waals surface area contributed by atoms with Crippen molar-refractivity contribution in [1.29, 1.82) is 0 Å². The first-order chi connectivity index (χ1) is 16.8. The largest absolute Gasteiger partial charge is 0.490 e. The second-order valence-electron chi connectivity index (χ2n) is 7.63. The number of carbonyl (C=O) groups is 1. The van der Waals surface area contributed by atoms with Crippen LogP contribution in [0.2, 0.25) is 0 Å². The Kier molecular flexibility index (Phi) is 8.81. The van der Waals surface area contributed by atoms with E-state index in [-0.39, 0.29) is 12.2 Å². The fraction of sp³-hybridized carbons (Fsp3) is 0.308. The van der Waals surface area contributed by atoms with E-state index in [1.165, 1.54) is 4.68 Å². The number of carbonyl (C=O) groups excluding carboxylic acids is 1. The molecule has 0 bridgehead atoms. The molecule has 184 valence electrons. The summed E-state index contributed by atoms with van der Waals surface area (Å²) < 4.78 is 18.9. The van der Waals surface area contributed by atoms with Gasteiger partial charge in [0.1, 0.15) is 5.82 Å². The quantitative estimate of drug-likeness (QED) is 0.208. The Labute approximate surface area is 212 Å². The molecule has 3 aromatic rings. The molecular weight excluding hydrogens is 514 g/mol. The van der Waals surface area contributed by atoms with Gasteiger partial charge in [-0.2, -0.15) is 9.78 Å². The molecule has 0 N–H and O–H groups in total. The molecule has 0 aliphatic carbocycles. The van der Waals surface area contributed by atoms with Gasteiger partial charge in [-0.05, 0) is 70.0 Å². The molecule has 0 spiro atoms. The van der Waals surface area contributed by atoms with Crippen LogP contribution in [0, 0.1) is 6.92 Å². The maximum Gasteiger partial charge on any atom is 0.347 e. The summed E-state index contributed by atoms with van der Waals surface area (Å²) in [4.78, 5) is 29.6. The Balaban J connectivity index is 2.05. The molecule has 9 heteroatoms. The summed E-state index contributed by atoms with van der Waals surface area (Å²) >= 11 is 3.39. The van der Waals surface area contributed by atoms with Gasteiger partial charge in [0, 0.05) is 10.0 Å². The highest BCUT2D eigenvalue weighted by Crippen LogP contribution is 2.34. The first-order valence-electron chi connectivity index (χ1n) is 11.3. The van der Waals surface area contributed by atoms with E-state index in [9.17, 15) is 9.59 Å². The summed E-state index contributed by atoms with van der Waals surface area (Å²) in [6.45, 7) is 11.4. The lowest BCUT2D eigenvalue weighted by Gasteiger charge is -2.20. The Hall–Kier alpha value is -3.46. The fourth-order valence-electron chi connectivity index (χ4n) is 3.47. The maximum atomic E-state index is 13.0. The topological polar surface area (TPSA) is 92.0 Å². The van der Waals surface area contributed by atoms with Crippen molar-refractivity contribution in [1.82, 2.24) is 9.66 Å². The van der Waals surface area contributed by atoms with Crippen LogP contribution in [-0.4, -0.2) is 41.2 Å². The number of halogens is 1. The van der Waals surface area contributed by atoms with Crippen molar-refractivity contribution in [2.24, 2.45) is 5.10 Å². The number of ether oxygens (including phenoxy) is 3. The number of benzene rings is 2. The van der Waals surface area contributed by atoms with Crippen LogP contribution >= 0.6 is 15.9 Å². The van der Waals surface area contributed by atoms with Gasteiger partial charge in [0.2, 0.25) is 0 Å². The molecule has 0 unspecified atom stereocenters. The summed E-state index contributed by atoms with van der Waals surface area (Å²) in [5.41, 5.74) is 1.77. The summed E-state index contributed by atoms with van der Waals surface area (Å²) in [6.07, 6.45) is 2.94. The van der Waals surface area contributed by atoms with Crippen LogP contribution < -0.4 is 15.0 Å². The Morgan fingerprint density at radius 3 is 2.71 bits per heavy atom. The summed E-state index contributed by atoms with van der Waals surface area (Å²) in [5.74, 6) is 0.889. The van der Waals surface area contributed by atoms with Crippen molar-refractivity contribution in [3.63, 3.8) is 0 Å². The molecular formula is C26H28BrN3O5. The van der Waals surface area contributed by atoms with Crippen LogP contribution in [0.15, 0.2) is 57.4 Å². The van der Waals surface area contributed by atoms with Crippen molar-refractivity contribution in [3.05, 3.63) is 74.8 Å². The summed E-state index contributed by atoms with van der Waals surface area (Å²) in [7, 11) is 0.